The fourth-order valence-corrected chi connectivity index (χ4v) is 5.71. The van der Waals surface area contributed by atoms with Crippen LogP contribution in [0.3, 0.4) is 0 Å². The molecule has 5 nitrogen and oxygen atoms in total. The first-order valence-corrected chi connectivity index (χ1v) is 12.5. The monoisotopic (exact) mass is 460 g/mol. The number of benzene rings is 2. The molecule has 3 aromatic rings. The second kappa shape index (κ2) is 9.55. The molecular formula is C29H36N2O3. The molecular weight excluding hydrogens is 424 g/mol. The van der Waals surface area contributed by atoms with E-state index >= 15 is 0 Å². The van der Waals surface area contributed by atoms with Crippen LogP contribution in [0.5, 0.6) is 0 Å². The Labute approximate surface area is 202 Å². The van der Waals surface area contributed by atoms with Gasteiger partial charge in [0.05, 0.1) is 25.9 Å². The standard InChI is InChI=1S/C29H36N2O3/c1-21-26(16-22-8-10-24(11-9-22)28(32)33-3)25-6-4-5-7-27(25)31(21)17-23-12-14-30(15-13-23)18-29(2)19-34-20-29/h4-11,23H,12-20H2,1-3H3. The van der Waals surface area contributed by atoms with Gasteiger partial charge in [-0.1, -0.05) is 37.3 Å². The summed E-state index contributed by atoms with van der Waals surface area (Å²) < 4.78 is 12.8. The van der Waals surface area contributed by atoms with E-state index in [4.69, 9.17) is 9.47 Å². The Morgan fingerprint density at radius 1 is 1.09 bits per heavy atom. The molecule has 1 aromatic heterocycles. The van der Waals surface area contributed by atoms with Gasteiger partial charge in [0, 0.05) is 35.1 Å². The number of hydrogen-bond acceptors (Lipinski definition) is 4. The lowest BCUT2D eigenvalue weighted by atomic mass is 9.86. The molecule has 34 heavy (non-hydrogen) atoms. The van der Waals surface area contributed by atoms with Crippen LogP contribution in [0.15, 0.2) is 48.5 Å². The molecule has 2 aliphatic rings. The zero-order chi connectivity index (χ0) is 23.7. The summed E-state index contributed by atoms with van der Waals surface area (Å²) in [4.78, 5) is 14.4. The molecule has 0 bridgehead atoms. The number of carbonyl (C=O) groups excluding carboxylic acids is 1. The second-order valence-electron chi connectivity index (χ2n) is 10.6. The van der Waals surface area contributed by atoms with Crippen LogP contribution in [0.2, 0.25) is 0 Å². The number of nitrogens with zero attached hydrogens (tertiary/aromatic N) is 2. The SMILES string of the molecule is COC(=O)c1ccc(Cc2c(C)n(CC3CCN(CC4(C)COC4)CC3)c3ccccc23)cc1. The molecule has 0 unspecified atom stereocenters. The molecule has 5 rings (SSSR count). The van der Waals surface area contributed by atoms with Crippen molar-refractivity contribution in [3.63, 3.8) is 0 Å². The molecule has 0 amide bonds. The van der Waals surface area contributed by atoms with Crippen molar-refractivity contribution in [2.45, 2.75) is 39.7 Å². The minimum absolute atomic E-state index is 0.291. The quantitative estimate of drug-likeness (QED) is 0.462. The van der Waals surface area contributed by atoms with Crippen LogP contribution in [-0.2, 0) is 22.4 Å². The lowest BCUT2D eigenvalue weighted by molar-refractivity contribution is -0.117. The topological polar surface area (TPSA) is 43.7 Å². The van der Waals surface area contributed by atoms with Gasteiger partial charge in [-0.25, -0.2) is 4.79 Å². The Morgan fingerprint density at radius 3 is 2.44 bits per heavy atom. The fourth-order valence-electron chi connectivity index (χ4n) is 5.71. The summed E-state index contributed by atoms with van der Waals surface area (Å²) in [5.41, 5.74) is 6.25. The van der Waals surface area contributed by atoms with Crippen molar-refractivity contribution < 1.29 is 14.3 Å². The zero-order valence-corrected chi connectivity index (χ0v) is 20.7. The van der Waals surface area contributed by atoms with Crippen LogP contribution in [0.25, 0.3) is 10.9 Å². The van der Waals surface area contributed by atoms with E-state index in [1.807, 2.05) is 24.3 Å². The third-order valence-electron chi connectivity index (χ3n) is 7.77. The lowest BCUT2D eigenvalue weighted by Crippen LogP contribution is -2.50. The fraction of sp³-hybridized carbons (Fsp3) is 0.483. The van der Waals surface area contributed by atoms with E-state index in [0.717, 1.165) is 26.2 Å². The Hall–Kier alpha value is -2.63. The van der Waals surface area contributed by atoms with Gasteiger partial charge in [-0.05, 0) is 74.5 Å². The maximum absolute atomic E-state index is 11.8. The number of piperidine rings is 1. The van der Waals surface area contributed by atoms with Crippen LogP contribution in [0.1, 0.15) is 46.9 Å². The van der Waals surface area contributed by atoms with E-state index in [1.54, 1.807) is 0 Å². The number of rotatable bonds is 7. The van der Waals surface area contributed by atoms with Crippen molar-refractivity contribution in [1.82, 2.24) is 9.47 Å². The third-order valence-corrected chi connectivity index (χ3v) is 7.77. The molecule has 5 heteroatoms. The van der Waals surface area contributed by atoms with Gasteiger partial charge in [0.25, 0.3) is 0 Å². The van der Waals surface area contributed by atoms with E-state index in [0.29, 0.717) is 16.9 Å². The molecule has 0 N–H and O–H groups in total. The van der Waals surface area contributed by atoms with Gasteiger partial charge in [-0.15, -0.1) is 0 Å². The Bertz CT molecular complexity index is 1150. The van der Waals surface area contributed by atoms with Crippen molar-refractivity contribution in [1.29, 1.82) is 0 Å². The van der Waals surface area contributed by atoms with Gasteiger partial charge in [-0.2, -0.15) is 0 Å². The number of aromatic nitrogens is 1. The first-order valence-electron chi connectivity index (χ1n) is 12.5. The number of fused-ring (bicyclic) bond motifs is 1. The van der Waals surface area contributed by atoms with Crippen molar-refractivity contribution in [3.8, 4) is 0 Å². The number of carbonyl (C=O) groups is 1. The number of methoxy groups -OCH3 is 1. The summed E-state index contributed by atoms with van der Waals surface area (Å²) in [6.07, 6.45) is 3.38. The molecule has 2 fully saturated rings. The van der Waals surface area contributed by atoms with Gasteiger partial charge >= 0.3 is 5.97 Å². The number of ether oxygens (including phenoxy) is 2. The summed E-state index contributed by atoms with van der Waals surface area (Å²) >= 11 is 0. The highest BCUT2D eigenvalue weighted by atomic mass is 16.5. The van der Waals surface area contributed by atoms with E-state index in [9.17, 15) is 4.79 Å². The summed E-state index contributed by atoms with van der Waals surface area (Å²) in [5, 5.41) is 1.34. The molecule has 0 aliphatic carbocycles. The molecule has 2 saturated heterocycles. The molecule has 2 aliphatic heterocycles. The molecule has 180 valence electrons. The third kappa shape index (κ3) is 4.64. The number of likely N-dealkylation sites (tertiary alicyclic amines) is 1. The maximum Gasteiger partial charge on any atom is 0.337 e. The van der Waals surface area contributed by atoms with Gasteiger partial charge in [-0.3, -0.25) is 0 Å². The normalized spacial score (nSPS) is 18.7. The molecule has 0 radical (unpaired) electrons. The van der Waals surface area contributed by atoms with Crippen LogP contribution >= 0.6 is 0 Å². The first kappa shape index (κ1) is 23.1. The number of hydrogen-bond donors (Lipinski definition) is 0. The smallest absolute Gasteiger partial charge is 0.337 e. The van der Waals surface area contributed by atoms with Gasteiger partial charge in [0.15, 0.2) is 0 Å². The van der Waals surface area contributed by atoms with Crippen LogP contribution in [0, 0.1) is 18.3 Å². The average molecular weight is 461 g/mol. The van der Waals surface area contributed by atoms with Crippen LogP contribution in [-0.4, -0.2) is 55.4 Å². The minimum atomic E-state index is -0.291. The molecule has 2 aromatic carbocycles. The van der Waals surface area contributed by atoms with Crippen molar-refractivity contribution in [2.24, 2.45) is 11.3 Å². The number of esters is 1. The molecule has 0 saturated carbocycles. The Kier molecular flexibility index (Phi) is 6.50. The zero-order valence-electron chi connectivity index (χ0n) is 20.7. The molecule has 0 spiro atoms. The summed E-state index contributed by atoms with van der Waals surface area (Å²) in [5.74, 6) is 0.420. The average Bonchev–Trinajstić information content (AvgIpc) is 3.10. The predicted octanol–water partition coefficient (Wildman–Crippen LogP) is 5.08. The van der Waals surface area contributed by atoms with Gasteiger partial charge in [0.2, 0.25) is 0 Å². The summed E-state index contributed by atoms with van der Waals surface area (Å²) in [6.45, 7) is 11.1. The Morgan fingerprint density at radius 2 is 1.79 bits per heavy atom. The van der Waals surface area contributed by atoms with E-state index in [2.05, 4.69) is 47.6 Å². The number of para-hydroxylation sites is 1. The maximum atomic E-state index is 11.8. The Balaban J connectivity index is 1.31. The highest BCUT2D eigenvalue weighted by molar-refractivity contribution is 5.89. The molecule has 0 atom stereocenters. The lowest BCUT2D eigenvalue weighted by Gasteiger charge is -2.43. The highest BCUT2D eigenvalue weighted by Crippen LogP contribution is 2.32. The minimum Gasteiger partial charge on any atom is -0.465 e. The van der Waals surface area contributed by atoms with Crippen molar-refractivity contribution in [3.05, 3.63) is 70.9 Å². The van der Waals surface area contributed by atoms with E-state index in [-0.39, 0.29) is 5.97 Å². The van der Waals surface area contributed by atoms with Crippen molar-refractivity contribution >= 4 is 16.9 Å². The largest absolute Gasteiger partial charge is 0.465 e. The summed E-state index contributed by atoms with van der Waals surface area (Å²) in [6, 6.07) is 16.6. The van der Waals surface area contributed by atoms with Crippen LogP contribution in [0.4, 0.5) is 0 Å². The highest BCUT2D eigenvalue weighted by Gasteiger charge is 2.36. The first-order chi connectivity index (χ1) is 16.5. The van der Waals surface area contributed by atoms with E-state index in [1.165, 1.54) is 67.3 Å². The summed E-state index contributed by atoms with van der Waals surface area (Å²) in [7, 11) is 1.42. The van der Waals surface area contributed by atoms with Gasteiger partial charge < -0.3 is 18.9 Å². The van der Waals surface area contributed by atoms with E-state index < -0.39 is 0 Å². The second-order valence-corrected chi connectivity index (χ2v) is 10.6. The van der Waals surface area contributed by atoms with Gasteiger partial charge in [0.1, 0.15) is 0 Å². The predicted molar refractivity (Wildman–Crippen MR) is 135 cm³/mol. The molecule has 3 heterocycles. The van der Waals surface area contributed by atoms with Crippen LogP contribution < -0.4 is 0 Å². The van der Waals surface area contributed by atoms with Crippen molar-refractivity contribution in [2.75, 3.05) is 40.0 Å².